The number of benzene rings is 2. The van der Waals surface area contributed by atoms with Gasteiger partial charge in [0.2, 0.25) is 0 Å². The average Bonchev–Trinajstić information content (AvgIpc) is 2.61. The summed E-state index contributed by atoms with van der Waals surface area (Å²) in [6.45, 7) is 5.07. The topological polar surface area (TPSA) is 76.7 Å². The van der Waals surface area contributed by atoms with Gasteiger partial charge in [0.1, 0.15) is 11.5 Å². The van der Waals surface area contributed by atoms with Gasteiger partial charge in [-0.05, 0) is 77.7 Å². The molecule has 2 N–H and O–H groups in total. The van der Waals surface area contributed by atoms with Crippen molar-refractivity contribution >= 4 is 55.3 Å². The quantitative estimate of drug-likeness (QED) is 0.539. The largest absolute Gasteiger partial charge is 0.484 e. The van der Waals surface area contributed by atoms with Crippen molar-refractivity contribution in [2.45, 2.75) is 20.8 Å². The van der Waals surface area contributed by atoms with Crippen molar-refractivity contribution in [3.8, 4) is 11.5 Å². The highest BCUT2D eigenvalue weighted by atomic mass is 79.9. The summed E-state index contributed by atoms with van der Waals surface area (Å²) in [4.78, 5) is 23.7. The Balaban J connectivity index is 1.77. The molecule has 28 heavy (non-hydrogen) atoms. The van der Waals surface area contributed by atoms with Crippen LogP contribution in [0.3, 0.4) is 0 Å². The fourth-order valence-corrected chi connectivity index (χ4v) is 4.02. The maximum Gasteiger partial charge on any atom is 0.276 e. The van der Waals surface area contributed by atoms with Crippen LogP contribution in [0.4, 0.5) is 0 Å². The Morgan fingerprint density at radius 3 is 1.96 bits per heavy atom. The van der Waals surface area contributed by atoms with E-state index in [0.717, 1.165) is 25.6 Å². The van der Waals surface area contributed by atoms with Gasteiger partial charge in [-0.15, -0.1) is 0 Å². The number of amides is 2. The molecule has 0 heterocycles. The summed E-state index contributed by atoms with van der Waals surface area (Å²) in [5.41, 5.74) is 7.14. The lowest BCUT2D eigenvalue weighted by Gasteiger charge is -2.13. The van der Waals surface area contributed by atoms with E-state index in [1.165, 1.54) is 0 Å². The van der Waals surface area contributed by atoms with E-state index < -0.39 is 11.8 Å². The lowest BCUT2D eigenvalue weighted by Crippen LogP contribution is -2.45. The van der Waals surface area contributed by atoms with Crippen molar-refractivity contribution in [2.24, 2.45) is 0 Å². The Hall–Kier alpha value is -1.77. The number of hydrazine groups is 1. The maximum absolute atomic E-state index is 11.9. The monoisotopic (exact) mass is 532 g/mol. The Morgan fingerprint density at radius 1 is 0.893 bits per heavy atom. The van der Waals surface area contributed by atoms with Gasteiger partial charge in [0.25, 0.3) is 11.8 Å². The van der Waals surface area contributed by atoms with Gasteiger partial charge in [-0.3, -0.25) is 20.4 Å². The lowest BCUT2D eigenvalue weighted by atomic mass is 10.1. The summed E-state index contributed by atoms with van der Waals surface area (Å²) >= 11 is 12.9. The second kappa shape index (κ2) is 10.1. The summed E-state index contributed by atoms with van der Waals surface area (Å²) < 4.78 is 12.5. The van der Waals surface area contributed by atoms with Gasteiger partial charge >= 0.3 is 0 Å². The van der Waals surface area contributed by atoms with Crippen molar-refractivity contribution in [3.63, 3.8) is 0 Å². The number of carbonyl (C=O) groups is 2. The highest BCUT2D eigenvalue weighted by Crippen LogP contribution is 2.32. The molecule has 2 rings (SSSR count). The third-order valence-corrected chi connectivity index (χ3v) is 5.31. The molecule has 0 aliphatic carbocycles. The first-order valence-electron chi connectivity index (χ1n) is 8.23. The van der Waals surface area contributed by atoms with Gasteiger partial charge in [0.05, 0.1) is 4.47 Å². The van der Waals surface area contributed by atoms with Crippen molar-refractivity contribution in [1.82, 2.24) is 10.9 Å². The van der Waals surface area contributed by atoms with Crippen LogP contribution >= 0.6 is 43.5 Å². The van der Waals surface area contributed by atoms with Crippen LogP contribution in [-0.2, 0) is 9.59 Å². The number of hydrogen-bond donors (Lipinski definition) is 2. The van der Waals surface area contributed by atoms with Crippen LogP contribution in [0.25, 0.3) is 0 Å². The molecule has 0 aliphatic rings. The highest BCUT2D eigenvalue weighted by molar-refractivity contribution is 9.11. The van der Waals surface area contributed by atoms with Crippen LogP contribution in [0.1, 0.15) is 16.7 Å². The second-order valence-corrected chi connectivity index (χ2v) is 8.23. The van der Waals surface area contributed by atoms with Crippen LogP contribution in [0.15, 0.2) is 33.2 Å². The SMILES string of the molecule is Cc1cc(OCC(=O)NNC(=O)COc2c(C)cc(Br)cc2Br)cc(C)c1Cl. The van der Waals surface area contributed by atoms with Crippen molar-refractivity contribution < 1.29 is 19.1 Å². The van der Waals surface area contributed by atoms with Crippen LogP contribution in [0, 0.1) is 20.8 Å². The molecule has 0 radical (unpaired) electrons. The molecule has 0 bridgehead atoms. The van der Waals surface area contributed by atoms with Crippen LogP contribution in [-0.4, -0.2) is 25.0 Å². The zero-order valence-electron chi connectivity index (χ0n) is 15.5. The van der Waals surface area contributed by atoms with E-state index in [2.05, 4.69) is 42.7 Å². The number of ether oxygens (including phenoxy) is 2. The molecule has 2 aromatic rings. The molecule has 0 aromatic heterocycles. The molecule has 2 amide bonds. The van der Waals surface area contributed by atoms with Gasteiger partial charge in [-0.25, -0.2) is 0 Å². The molecule has 0 aliphatic heterocycles. The Bertz CT molecular complexity index is 859. The molecule has 0 saturated heterocycles. The lowest BCUT2D eigenvalue weighted by molar-refractivity contribution is -0.131. The van der Waals surface area contributed by atoms with Crippen LogP contribution in [0.2, 0.25) is 5.02 Å². The molecule has 6 nitrogen and oxygen atoms in total. The zero-order valence-corrected chi connectivity index (χ0v) is 19.4. The van der Waals surface area contributed by atoms with E-state index in [4.69, 9.17) is 21.1 Å². The van der Waals surface area contributed by atoms with Crippen molar-refractivity contribution in [1.29, 1.82) is 0 Å². The van der Waals surface area contributed by atoms with E-state index >= 15 is 0 Å². The summed E-state index contributed by atoms with van der Waals surface area (Å²) in [6, 6.07) is 7.18. The van der Waals surface area contributed by atoms with Gasteiger partial charge in [-0.2, -0.15) is 0 Å². The van der Waals surface area contributed by atoms with Gasteiger partial charge in [0, 0.05) is 9.50 Å². The van der Waals surface area contributed by atoms with Gasteiger partial charge in [-0.1, -0.05) is 27.5 Å². The molecule has 0 unspecified atom stereocenters. The molecule has 0 atom stereocenters. The molecule has 0 spiro atoms. The predicted molar refractivity (Wildman–Crippen MR) is 115 cm³/mol. The standard InChI is InChI=1S/C19H19Br2ClN2O4/c1-10-5-14(6-11(2)18(10)22)27-8-16(25)23-24-17(26)9-28-19-12(3)4-13(20)7-15(19)21/h4-7H,8-9H2,1-3H3,(H,23,25)(H,24,26). The average molecular weight is 535 g/mol. The zero-order chi connectivity index (χ0) is 20.8. The molecule has 9 heteroatoms. The second-order valence-electron chi connectivity index (χ2n) is 6.08. The highest BCUT2D eigenvalue weighted by Gasteiger charge is 2.11. The minimum Gasteiger partial charge on any atom is -0.484 e. The van der Waals surface area contributed by atoms with E-state index in [1.807, 2.05) is 32.9 Å². The van der Waals surface area contributed by atoms with E-state index in [9.17, 15) is 9.59 Å². The van der Waals surface area contributed by atoms with E-state index in [-0.39, 0.29) is 13.2 Å². The molecular weight excluding hydrogens is 515 g/mol. The number of hydrogen-bond acceptors (Lipinski definition) is 4. The number of carbonyl (C=O) groups excluding carboxylic acids is 2. The van der Waals surface area contributed by atoms with E-state index in [1.54, 1.807) is 12.1 Å². The molecular formula is C19H19Br2ClN2O4. The van der Waals surface area contributed by atoms with Crippen molar-refractivity contribution in [3.05, 3.63) is 54.9 Å². The van der Waals surface area contributed by atoms with Crippen LogP contribution < -0.4 is 20.3 Å². The number of halogens is 3. The van der Waals surface area contributed by atoms with Gasteiger partial charge < -0.3 is 9.47 Å². The Morgan fingerprint density at radius 2 is 1.43 bits per heavy atom. The minimum atomic E-state index is -0.500. The summed E-state index contributed by atoms with van der Waals surface area (Å²) in [7, 11) is 0. The van der Waals surface area contributed by atoms with E-state index in [0.29, 0.717) is 16.5 Å². The normalized spacial score (nSPS) is 10.4. The molecule has 0 saturated carbocycles. The summed E-state index contributed by atoms with van der Waals surface area (Å²) in [5, 5.41) is 0.664. The molecule has 2 aromatic carbocycles. The fraction of sp³-hybridized carbons (Fsp3) is 0.263. The first kappa shape index (κ1) is 22.5. The molecule has 0 fully saturated rings. The maximum atomic E-state index is 11.9. The smallest absolute Gasteiger partial charge is 0.276 e. The first-order valence-corrected chi connectivity index (χ1v) is 10.2. The van der Waals surface area contributed by atoms with Gasteiger partial charge in [0.15, 0.2) is 13.2 Å². The third kappa shape index (κ3) is 6.39. The number of rotatable bonds is 6. The van der Waals surface area contributed by atoms with Crippen molar-refractivity contribution in [2.75, 3.05) is 13.2 Å². The Kier molecular flexibility index (Phi) is 8.15. The molecule has 150 valence electrons. The summed E-state index contributed by atoms with van der Waals surface area (Å²) in [6.07, 6.45) is 0. The summed E-state index contributed by atoms with van der Waals surface area (Å²) in [5.74, 6) is 0.0848. The fourth-order valence-electron chi connectivity index (χ4n) is 2.36. The van der Waals surface area contributed by atoms with Crippen LogP contribution in [0.5, 0.6) is 11.5 Å². The third-order valence-electron chi connectivity index (χ3n) is 3.66. The first-order chi connectivity index (χ1) is 13.2. The minimum absolute atomic E-state index is 0.251. The Labute approximate surface area is 185 Å². The predicted octanol–water partition coefficient (Wildman–Crippen LogP) is 4.40. The number of aryl methyl sites for hydroxylation is 3. The number of nitrogens with one attached hydrogen (secondary N) is 2.